The second-order valence-corrected chi connectivity index (χ2v) is 10.3. The van der Waals surface area contributed by atoms with Crippen LogP contribution in [0.5, 0.6) is 0 Å². The molecule has 4 heterocycles. The minimum Gasteiger partial charge on any atom is -0.350 e. The molecule has 1 fully saturated rings. The van der Waals surface area contributed by atoms with Crippen molar-refractivity contribution in [3.8, 4) is 16.9 Å². The van der Waals surface area contributed by atoms with Crippen LogP contribution in [0.25, 0.3) is 28.0 Å². The van der Waals surface area contributed by atoms with Gasteiger partial charge in [-0.3, -0.25) is 9.78 Å². The monoisotopic (exact) mass is 540 g/mol. The number of fused-ring (bicyclic) bond motifs is 1. The van der Waals surface area contributed by atoms with E-state index < -0.39 is 5.69 Å². The van der Waals surface area contributed by atoms with Crippen molar-refractivity contribution < 1.29 is 9.18 Å². The molecule has 206 valence electrons. The molecule has 0 radical (unpaired) electrons. The molecule has 40 heavy (non-hydrogen) atoms. The molecule has 1 amide bonds. The van der Waals surface area contributed by atoms with Gasteiger partial charge in [-0.05, 0) is 68.7 Å². The number of anilines is 1. The molecule has 0 aliphatic carbocycles. The van der Waals surface area contributed by atoms with Gasteiger partial charge in [-0.1, -0.05) is 32.1 Å². The van der Waals surface area contributed by atoms with Crippen molar-refractivity contribution in [2.24, 2.45) is 0 Å². The lowest BCUT2D eigenvalue weighted by molar-refractivity contribution is -0.126. The minimum atomic E-state index is -0.483. The van der Waals surface area contributed by atoms with Crippen LogP contribution in [0.4, 0.5) is 10.2 Å². The van der Waals surface area contributed by atoms with Crippen LogP contribution in [-0.2, 0) is 11.2 Å². The van der Waals surface area contributed by atoms with Gasteiger partial charge in [-0.15, -0.1) is 0 Å². The number of hydrogen-bond donors (Lipinski definition) is 0. The molecule has 4 aromatic rings. The van der Waals surface area contributed by atoms with Crippen molar-refractivity contribution in [2.75, 3.05) is 24.5 Å². The maximum Gasteiger partial charge on any atom is 0.355 e. The quantitative estimate of drug-likeness (QED) is 0.328. The molecule has 1 aliphatic heterocycles. The van der Waals surface area contributed by atoms with Crippen molar-refractivity contribution >= 4 is 22.8 Å². The average molecular weight is 541 g/mol. The van der Waals surface area contributed by atoms with Crippen LogP contribution >= 0.6 is 0 Å². The van der Waals surface area contributed by atoms with E-state index in [9.17, 15) is 14.0 Å². The fourth-order valence-corrected chi connectivity index (χ4v) is 5.51. The second-order valence-electron chi connectivity index (χ2n) is 10.3. The van der Waals surface area contributed by atoms with E-state index in [1.807, 2.05) is 37.8 Å². The van der Waals surface area contributed by atoms with Crippen molar-refractivity contribution in [2.45, 2.75) is 46.6 Å². The largest absolute Gasteiger partial charge is 0.355 e. The van der Waals surface area contributed by atoms with Crippen LogP contribution in [0.15, 0.2) is 60.0 Å². The molecule has 1 aliphatic rings. The Kier molecular flexibility index (Phi) is 7.47. The number of benzene rings is 1. The number of aromatic nitrogens is 4. The SMILES string of the molecule is C=CC(=O)N1CCN(c2nc(=O)n(-c3c(C)ccnc3CCC)c3nc(-c4ccccc4F)c(C)cc23)[C@@H](C)C1. The summed E-state index contributed by atoms with van der Waals surface area (Å²) in [6.45, 7) is 12.9. The Hall–Kier alpha value is -4.40. The molecular weight excluding hydrogens is 507 g/mol. The first-order chi connectivity index (χ1) is 19.2. The zero-order chi connectivity index (χ0) is 28.6. The van der Waals surface area contributed by atoms with Gasteiger partial charge >= 0.3 is 5.69 Å². The topological polar surface area (TPSA) is 84.2 Å². The number of amides is 1. The van der Waals surface area contributed by atoms with Crippen molar-refractivity contribution in [1.82, 2.24) is 24.4 Å². The normalized spacial score (nSPS) is 15.5. The van der Waals surface area contributed by atoms with E-state index in [4.69, 9.17) is 4.98 Å². The van der Waals surface area contributed by atoms with Gasteiger partial charge in [0.15, 0.2) is 5.65 Å². The molecule has 1 saturated heterocycles. The molecule has 0 saturated carbocycles. The van der Waals surface area contributed by atoms with Gasteiger partial charge in [0, 0.05) is 37.4 Å². The minimum absolute atomic E-state index is 0.106. The summed E-state index contributed by atoms with van der Waals surface area (Å²) in [5, 5.41) is 0.679. The van der Waals surface area contributed by atoms with Crippen LogP contribution in [0.1, 0.15) is 37.1 Å². The molecule has 1 atom stereocenters. The number of halogens is 1. The number of carbonyl (C=O) groups is 1. The van der Waals surface area contributed by atoms with Gasteiger partial charge in [-0.25, -0.2) is 18.7 Å². The Morgan fingerprint density at radius 2 is 1.93 bits per heavy atom. The highest BCUT2D eigenvalue weighted by atomic mass is 19.1. The number of carbonyl (C=O) groups excluding carboxylic acids is 1. The van der Waals surface area contributed by atoms with Gasteiger partial charge in [-0.2, -0.15) is 4.98 Å². The predicted molar refractivity (Wildman–Crippen MR) is 155 cm³/mol. The summed E-state index contributed by atoms with van der Waals surface area (Å²) in [5.41, 5.74) is 3.80. The fourth-order valence-electron chi connectivity index (χ4n) is 5.51. The molecule has 8 nitrogen and oxygen atoms in total. The number of rotatable bonds is 6. The number of nitrogens with zero attached hydrogens (tertiary/aromatic N) is 6. The third-order valence-corrected chi connectivity index (χ3v) is 7.47. The van der Waals surface area contributed by atoms with E-state index in [1.165, 1.54) is 16.7 Å². The van der Waals surface area contributed by atoms with Gasteiger partial charge in [0.25, 0.3) is 0 Å². The molecule has 0 N–H and O–H groups in total. The Labute approximate surface area is 232 Å². The molecule has 0 bridgehead atoms. The molecular formula is C31H33FN6O2. The van der Waals surface area contributed by atoms with E-state index in [1.54, 1.807) is 29.3 Å². The Bertz CT molecular complexity index is 1680. The lowest BCUT2D eigenvalue weighted by Gasteiger charge is -2.40. The first-order valence-electron chi connectivity index (χ1n) is 13.6. The van der Waals surface area contributed by atoms with Crippen LogP contribution < -0.4 is 10.6 Å². The van der Waals surface area contributed by atoms with E-state index in [2.05, 4.69) is 23.5 Å². The van der Waals surface area contributed by atoms with E-state index in [0.29, 0.717) is 59.9 Å². The molecule has 0 unspecified atom stereocenters. The smallest absolute Gasteiger partial charge is 0.350 e. The van der Waals surface area contributed by atoms with Crippen LogP contribution in [0, 0.1) is 19.7 Å². The summed E-state index contributed by atoms with van der Waals surface area (Å²) in [4.78, 5) is 44.2. The van der Waals surface area contributed by atoms with Crippen molar-refractivity contribution in [1.29, 1.82) is 0 Å². The maximum absolute atomic E-state index is 15.0. The highest BCUT2D eigenvalue weighted by Crippen LogP contribution is 2.33. The molecule has 9 heteroatoms. The lowest BCUT2D eigenvalue weighted by atomic mass is 10.0. The summed E-state index contributed by atoms with van der Waals surface area (Å²) < 4.78 is 16.5. The van der Waals surface area contributed by atoms with Crippen molar-refractivity contribution in [3.05, 3.63) is 88.4 Å². The average Bonchev–Trinajstić information content (AvgIpc) is 2.94. The Morgan fingerprint density at radius 3 is 2.62 bits per heavy atom. The van der Waals surface area contributed by atoms with Crippen molar-refractivity contribution in [3.63, 3.8) is 0 Å². The Morgan fingerprint density at radius 1 is 1.15 bits per heavy atom. The van der Waals surface area contributed by atoms with Crippen LogP contribution in [0.3, 0.4) is 0 Å². The zero-order valence-corrected chi connectivity index (χ0v) is 23.3. The first-order valence-corrected chi connectivity index (χ1v) is 13.6. The number of piperazine rings is 1. The second kappa shape index (κ2) is 11.0. The van der Waals surface area contributed by atoms with Gasteiger partial charge in [0.2, 0.25) is 5.91 Å². The van der Waals surface area contributed by atoms with E-state index in [0.717, 1.165) is 23.2 Å². The third kappa shape index (κ3) is 4.76. The number of hydrogen-bond acceptors (Lipinski definition) is 6. The standard InChI is InChI=1S/C31H33FN6O2/c1-6-10-25-28(19(3)13-14-33-25)38-30-23(17-20(4)27(34-30)22-11-8-9-12-24(22)32)29(35-31(38)40)37-16-15-36(18-21(37)5)26(39)7-2/h7-9,11-14,17,21H,2,6,10,15-16,18H2,1,3-5H3/t21-/m0/s1. The zero-order valence-electron chi connectivity index (χ0n) is 23.3. The maximum atomic E-state index is 15.0. The molecule has 5 rings (SSSR count). The molecule has 0 spiro atoms. The summed E-state index contributed by atoms with van der Waals surface area (Å²) in [5.74, 6) is -0.00695. The number of aryl methyl sites for hydroxylation is 3. The predicted octanol–water partition coefficient (Wildman–Crippen LogP) is 4.77. The fraction of sp³-hybridized carbons (Fsp3) is 0.323. The summed E-state index contributed by atoms with van der Waals surface area (Å²) in [7, 11) is 0. The summed E-state index contributed by atoms with van der Waals surface area (Å²) in [6.07, 6.45) is 4.58. The summed E-state index contributed by atoms with van der Waals surface area (Å²) >= 11 is 0. The van der Waals surface area contributed by atoms with E-state index >= 15 is 0 Å². The first kappa shape index (κ1) is 27.2. The molecule has 1 aromatic carbocycles. The van der Waals surface area contributed by atoms with Gasteiger partial charge < -0.3 is 9.80 Å². The Balaban J connectivity index is 1.80. The highest BCUT2D eigenvalue weighted by molar-refractivity contribution is 5.92. The summed E-state index contributed by atoms with van der Waals surface area (Å²) in [6, 6.07) is 10.2. The van der Waals surface area contributed by atoms with Crippen LogP contribution in [-0.4, -0.2) is 56.0 Å². The third-order valence-electron chi connectivity index (χ3n) is 7.47. The lowest BCUT2D eigenvalue weighted by Crippen LogP contribution is -2.54. The van der Waals surface area contributed by atoms with E-state index in [-0.39, 0.29) is 17.8 Å². The molecule has 3 aromatic heterocycles. The van der Waals surface area contributed by atoms with Gasteiger partial charge in [0.05, 0.1) is 22.5 Å². The number of pyridine rings is 2. The van der Waals surface area contributed by atoms with Crippen LogP contribution in [0.2, 0.25) is 0 Å². The highest BCUT2D eigenvalue weighted by Gasteiger charge is 2.30. The van der Waals surface area contributed by atoms with Gasteiger partial charge in [0.1, 0.15) is 11.6 Å².